The molecule has 39 heavy (non-hydrogen) atoms. The van der Waals surface area contributed by atoms with Crippen LogP contribution in [-0.2, 0) is 24.3 Å². The van der Waals surface area contributed by atoms with Crippen molar-refractivity contribution in [1.82, 2.24) is 25.1 Å². The average molecular weight is 545 g/mol. The van der Waals surface area contributed by atoms with Crippen LogP contribution in [-0.4, -0.2) is 49.5 Å². The summed E-state index contributed by atoms with van der Waals surface area (Å²) < 4.78 is 1.87. The molecule has 0 unspecified atom stereocenters. The first-order chi connectivity index (χ1) is 18.6. The summed E-state index contributed by atoms with van der Waals surface area (Å²) in [4.78, 5) is 29.9. The minimum absolute atomic E-state index is 0.0402. The molecule has 1 heterocycles. The molecule has 0 fully saturated rings. The van der Waals surface area contributed by atoms with E-state index in [0.29, 0.717) is 24.7 Å². The number of non-ortho nitro benzene ring substituents is 1. The zero-order chi connectivity index (χ0) is 28.0. The molecule has 0 saturated carbocycles. The quantitative estimate of drug-likeness (QED) is 0.173. The van der Waals surface area contributed by atoms with Crippen molar-refractivity contribution in [1.29, 1.82) is 0 Å². The number of nitro groups is 1. The molecule has 0 atom stereocenters. The van der Waals surface area contributed by atoms with Crippen molar-refractivity contribution in [3.63, 3.8) is 0 Å². The summed E-state index contributed by atoms with van der Waals surface area (Å²) in [6, 6.07) is 20.9. The molecule has 4 rings (SSSR count). The monoisotopic (exact) mass is 544 g/mol. The molecule has 1 aromatic heterocycles. The Morgan fingerprint density at radius 1 is 1.10 bits per heavy atom. The maximum Gasteiger partial charge on any atom is 0.269 e. The number of nitrogens with zero attached hydrogens (tertiary/aromatic N) is 4. The van der Waals surface area contributed by atoms with Crippen molar-refractivity contribution in [2.45, 2.75) is 38.9 Å². The molecule has 202 valence electrons. The first-order valence-corrected chi connectivity index (χ1v) is 13.0. The van der Waals surface area contributed by atoms with Gasteiger partial charge in [0.2, 0.25) is 5.91 Å². The van der Waals surface area contributed by atoms with Gasteiger partial charge in [-0.15, -0.1) is 0 Å². The Morgan fingerprint density at radius 2 is 1.82 bits per heavy atom. The minimum atomic E-state index is -0.578. The Morgan fingerprint density at radius 3 is 2.54 bits per heavy atom. The predicted molar refractivity (Wildman–Crippen MR) is 156 cm³/mol. The van der Waals surface area contributed by atoms with Gasteiger partial charge in [0.05, 0.1) is 23.2 Å². The largest absolute Gasteiger partial charge is 0.366 e. The lowest BCUT2D eigenvalue weighted by molar-refractivity contribution is -0.384. The Hall–Kier alpha value is -4.31. The Balaban J connectivity index is 1.42. The average Bonchev–Trinajstić information content (AvgIpc) is 3.33. The number of hydrogen-bond acceptors (Lipinski definition) is 5. The maximum absolute atomic E-state index is 13.1. The number of rotatable bonds is 10. The number of imidazole rings is 1. The van der Waals surface area contributed by atoms with Crippen molar-refractivity contribution in [2.24, 2.45) is 0 Å². The van der Waals surface area contributed by atoms with Gasteiger partial charge >= 0.3 is 0 Å². The molecule has 3 aromatic carbocycles. The molecule has 0 bridgehead atoms. The van der Waals surface area contributed by atoms with E-state index >= 15 is 0 Å². The number of carbonyl (C=O) groups is 1. The third-order valence-corrected chi connectivity index (χ3v) is 6.91. The fourth-order valence-electron chi connectivity index (χ4n) is 4.65. The van der Waals surface area contributed by atoms with E-state index in [0.717, 1.165) is 16.8 Å². The molecule has 10 heteroatoms. The first kappa shape index (κ1) is 27.7. The minimum Gasteiger partial charge on any atom is -0.366 e. The fourth-order valence-corrected chi connectivity index (χ4v) is 4.78. The predicted octanol–water partition coefficient (Wildman–Crippen LogP) is 4.44. The summed E-state index contributed by atoms with van der Waals surface area (Å²) in [5.74, 6) is -0.133. The third kappa shape index (κ3) is 7.17. The van der Waals surface area contributed by atoms with Crippen LogP contribution in [0.4, 0.5) is 5.69 Å². The van der Waals surface area contributed by atoms with E-state index in [1.165, 1.54) is 22.9 Å². The molecule has 0 radical (unpaired) electrons. The Bertz CT molecular complexity index is 1480. The third-order valence-electron chi connectivity index (χ3n) is 6.45. The number of benzene rings is 3. The summed E-state index contributed by atoms with van der Waals surface area (Å²) >= 11 is 5.63. The second kappa shape index (κ2) is 12.0. The molecule has 0 aliphatic carbocycles. The van der Waals surface area contributed by atoms with E-state index in [-0.39, 0.29) is 18.0 Å². The highest BCUT2D eigenvalue weighted by atomic mass is 32.1. The highest BCUT2D eigenvalue weighted by Gasteiger charge is 2.26. The van der Waals surface area contributed by atoms with Crippen molar-refractivity contribution in [2.75, 3.05) is 13.6 Å². The van der Waals surface area contributed by atoms with Gasteiger partial charge < -0.3 is 20.1 Å². The van der Waals surface area contributed by atoms with Crippen LogP contribution in [0.2, 0.25) is 0 Å². The van der Waals surface area contributed by atoms with Crippen LogP contribution in [0.15, 0.2) is 79.3 Å². The van der Waals surface area contributed by atoms with Crippen LogP contribution in [0, 0.1) is 10.1 Å². The summed E-state index contributed by atoms with van der Waals surface area (Å²) in [6.07, 6.45) is 3.48. The van der Waals surface area contributed by atoms with E-state index in [4.69, 9.17) is 12.2 Å². The van der Waals surface area contributed by atoms with Gasteiger partial charge in [-0.05, 0) is 48.0 Å². The van der Waals surface area contributed by atoms with Crippen molar-refractivity contribution in [3.05, 3.63) is 106 Å². The zero-order valence-corrected chi connectivity index (χ0v) is 23.1. The lowest BCUT2D eigenvalue weighted by Crippen LogP contribution is -2.54. The van der Waals surface area contributed by atoms with Crippen LogP contribution in [0.5, 0.6) is 0 Å². The SMILES string of the molecule is CNC(=S)N(Cc1cccc2ccccc12)CC(C)(C)NC(=O)Cc1cncn1Cc1ccc([N+](=O)[O-])cc1. The first-order valence-electron chi connectivity index (χ1n) is 12.6. The number of aromatic nitrogens is 2. The standard InChI is InChI=1S/C29H32N6O3S/c1-29(2,19-33(28(39)30-3)18-23-9-6-8-22-7-4-5-10-26(22)23)32-27(36)15-25-16-31-20-34(25)17-21-11-13-24(14-12-21)35(37)38/h4-14,16,20H,15,17-19H2,1-3H3,(H,30,39)(H,32,36). The summed E-state index contributed by atoms with van der Waals surface area (Å²) in [5, 5.41) is 20.1. The van der Waals surface area contributed by atoms with Gasteiger partial charge in [-0.2, -0.15) is 0 Å². The van der Waals surface area contributed by atoms with Gasteiger partial charge in [-0.1, -0.05) is 54.6 Å². The lowest BCUT2D eigenvalue weighted by atomic mass is 10.0. The van der Waals surface area contributed by atoms with E-state index in [2.05, 4.69) is 44.8 Å². The topological polar surface area (TPSA) is 105 Å². The summed E-state index contributed by atoms with van der Waals surface area (Å²) in [5.41, 5.74) is 2.25. The van der Waals surface area contributed by atoms with Crippen molar-refractivity contribution >= 4 is 39.7 Å². The molecule has 4 aromatic rings. The van der Waals surface area contributed by atoms with Gasteiger partial charge in [0.15, 0.2) is 5.11 Å². The van der Waals surface area contributed by atoms with Gasteiger partial charge in [0.25, 0.3) is 5.69 Å². The number of nitrogens with one attached hydrogen (secondary N) is 2. The van der Waals surface area contributed by atoms with E-state index in [9.17, 15) is 14.9 Å². The van der Waals surface area contributed by atoms with E-state index < -0.39 is 10.5 Å². The summed E-state index contributed by atoms with van der Waals surface area (Å²) in [7, 11) is 1.80. The number of hydrogen-bond donors (Lipinski definition) is 2. The number of thiocarbonyl (C=S) groups is 1. The number of fused-ring (bicyclic) bond motifs is 1. The number of nitro benzene ring substituents is 1. The van der Waals surface area contributed by atoms with Crippen molar-refractivity contribution in [3.8, 4) is 0 Å². The maximum atomic E-state index is 13.1. The Kier molecular flexibility index (Phi) is 8.55. The second-order valence-corrected chi connectivity index (χ2v) is 10.5. The molecule has 0 aliphatic heterocycles. The molecule has 9 nitrogen and oxygen atoms in total. The highest BCUT2D eigenvalue weighted by Crippen LogP contribution is 2.21. The highest BCUT2D eigenvalue weighted by molar-refractivity contribution is 7.80. The summed E-state index contributed by atoms with van der Waals surface area (Å²) in [6.45, 7) is 5.52. The van der Waals surface area contributed by atoms with Gasteiger partial charge in [0.1, 0.15) is 0 Å². The zero-order valence-electron chi connectivity index (χ0n) is 22.3. The normalized spacial score (nSPS) is 11.3. The lowest BCUT2D eigenvalue weighted by Gasteiger charge is -2.35. The number of amides is 1. The number of carbonyl (C=O) groups excluding carboxylic acids is 1. The van der Waals surface area contributed by atoms with Crippen LogP contribution < -0.4 is 10.6 Å². The van der Waals surface area contributed by atoms with Crippen LogP contribution in [0.3, 0.4) is 0 Å². The fraction of sp³-hybridized carbons (Fsp3) is 0.276. The molecular formula is C29H32N6O3S. The molecule has 0 spiro atoms. The molecule has 0 aliphatic rings. The van der Waals surface area contributed by atoms with E-state index in [1.54, 1.807) is 31.7 Å². The Labute approximate surface area is 233 Å². The smallest absolute Gasteiger partial charge is 0.269 e. The second-order valence-electron chi connectivity index (χ2n) is 10.1. The van der Waals surface area contributed by atoms with Crippen LogP contribution in [0.1, 0.15) is 30.7 Å². The van der Waals surface area contributed by atoms with Crippen LogP contribution >= 0.6 is 12.2 Å². The van der Waals surface area contributed by atoms with Gasteiger partial charge in [0, 0.05) is 50.7 Å². The van der Waals surface area contributed by atoms with Gasteiger partial charge in [-0.3, -0.25) is 14.9 Å². The van der Waals surface area contributed by atoms with Crippen LogP contribution in [0.25, 0.3) is 10.8 Å². The molecule has 2 N–H and O–H groups in total. The van der Waals surface area contributed by atoms with E-state index in [1.807, 2.05) is 36.6 Å². The molecule has 1 amide bonds. The molecular weight excluding hydrogens is 512 g/mol. The van der Waals surface area contributed by atoms with Gasteiger partial charge in [-0.25, -0.2) is 4.98 Å². The van der Waals surface area contributed by atoms with Crippen molar-refractivity contribution < 1.29 is 9.72 Å². The molecule has 0 saturated heterocycles.